The van der Waals surface area contributed by atoms with E-state index in [2.05, 4.69) is 28.1 Å². The first-order valence-corrected chi connectivity index (χ1v) is 13.1. The summed E-state index contributed by atoms with van der Waals surface area (Å²) in [6, 6.07) is 0. The predicted molar refractivity (Wildman–Crippen MR) is 103 cm³/mol. The molecule has 1 fully saturated rings. The molecule has 6 N–H and O–H groups in total. The van der Waals surface area contributed by atoms with E-state index in [1.165, 1.54) is 24.3 Å². The van der Waals surface area contributed by atoms with Gasteiger partial charge < -0.3 is 34.8 Å². The zero-order valence-electron chi connectivity index (χ0n) is 16.4. The summed E-state index contributed by atoms with van der Waals surface area (Å²) < 4.78 is 59.0. The lowest BCUT2D eigenvalue weighted by Gasteiger charge is -2.20. The molecule has 1 aliphatic heterocycles. The Morgan fingerprint density at radius 1 is 1.12 bits per heavy atom. The monoisotopic (exact) mass is 519 g/mol. The molecular formula is C12H20N5O12P3. The number of nitrogens with two attached hydrogens (primary N) is 1. The van der Waals surface area contributed by atoms with Crippen LogP contribution in [0.25, 0.3) is 11.2 Å². The zero-order valence-corrected chi connectivity index (χ0v) is 19.1. The minimum atomic E-state index is -5.62. The van der Waals surface area contributed by atoms with E-state index in [1.807, 2.05) is 0 Å². The largest absolute Gasteiger partial charge is 0.490 e. The van der Waals surface area contributed by atoms with Crippen LogP contribution in [0.4, 0.5) is 5.82 Å². The first-order valence-electron chi connectivity index (χ1n) is 8.62. The number of nitrogen functional groups attached to an aromatic ring is 1. The molecule has 180 valence electrons. The molecule has 0 spiro atoms. The molecule has 0 aliphatic carbocycles. The number of phosphoric acid groups is 3. The van der Waals surface area contributed by atoms with Gasteiger partial charge in [0, 0.05) is 13.0 Å². The van der Waals surface area contributed by atoms with E-state index in [9.17, 15) is 23.5 Å². The molecule has 0 saturated carbocycles. The fourth-order valence-corrected chi connectivity index (χ4v) is 6.15. The summed E-state index contributed by atoms with van der Waals surface area (Å²) in [5.41, 5.74) is 6.46. The summed E-state index contributed by atoms with van der Waals surface area (Å²) in [4.78, 5) is 48.1. The Kier molecular flexibility index (Phi) is 7.23. The molecule has 2 aromatic rings. The predicted octanol–water partition coefficient (Wildman–Crippen LogP) is 0.300. The van der Waals surface area contributed by atoms with Crippen LogP contribution in [0.15, 0.2) is 12.7 Å². The number of hydrogen-bond acceptors (Lipinski definition) is 12. The minimum Gasteiger partial charge on any atom is -0.382 e. The summed E-state index contributed by atoms with van der Waals surface area (Å²) in [6.45, 7) is 1.08. The van der Waals surface area contributed by atoms with E-state index in [1.54, 1.807) is 6.92 Å². The summed E-state index contributed by atoms with van der Waals surface area (Å²) in [7, 11) is -15.0. The maximum Gasteiger partial charge on any atom is 0.490 e. The molecule has 1 aliphatic rings. The van der Waals surface area contributed by atoms with Gasteiger partial charge in [0.25, 0.3) is 0 Å². The van der Waals surface area contributed by atoms with Crippen LogP contribution in [0, 0.1) is 5.92 Å². The van der Waals surface area contributed by atoms with E-state index < -0.39 is 54.4 Å². The van der Waals surface area contributed by atoms with Crippen LogP contribution in [0.3, 0.4) is 0 Å². The summed E-state index contributed by atoms with van der Waals surface area (Å²) in [5.74, 6) is -0.285. The van der Waals surface area contributed by atoms with Crippen molar-refractivity contribution in [2.24, 2.45) is 5.92 Å². The van der Waals surface area contributed by atoms with Crippen LogP contribution < -0.4 is 5.73 Å². The third-order valence-corrected chi connectivity index (χ3v) is 8.25. The number of ether oxygens (including phenoxy) is 2. The lowest BCUT2D eigenvalue weighted by molar-refractivity contribution is -0.0577. The summed E-state index contributed by atoms with van der Waals surface area (Å²) in [6.07, 6.45) is 0.362. The third-order valence-electron chi connectivity index (χ3n) is 4.45. The van der Waals surface area contributed by atoms with Crippen LogP contribution in [-0.4, -0.2) is 65.0 Å². The summed E-state index contributed by atoms with van der Waals surface area (Å²) >= 11 is 0. The molecule has 2 aromatic heterocycles. The van der Waals surface area contributed by atoms with Gasteiger partial charge in [-0.05, 0) is 0 Å². The molecular weight excluding hydrogens is 499 g/mol. The zero-order chi connectivity index (χ0) is 23.9. The standard InChI is InChI=1S/C12H20N5O12P3/c1-6-7(3-26-31(21,22)29-32(23,24)28-30(18,19)20)27-12(9(6)25-2)17-5-16-8-10(13)14-4-15-11(8)17/h4-7,9,12H,3H2,1-2H3,(H,21,22)(H,23,24)(H2,13,14,15)(H2,18,19,20). The number of aromatic nitrogens is 4. The van der Waals surface area contributed by atoms with Gasteiger partial charge in [-0.15, -0.1) is 0 Å². The Morgan fingerprint density at radius 2 is 1.81 bits per heavy atom. The van der Waals surface area contributed by atoms with Crippen molar-refractivity contribution in [3.05, 3.63) is 12.7 Å². The van der Waals surface area contributed by atoms with Crippen molar-refractivity contribution in [3.63, 3.8) is 0 Å². The van der Waals surface area contributed by atoms with Gasteiger partial charge in [0.2, 0.25) is 0 Å². The topological polar surface area (TPSA) is 248 Å². The van der Waals surface area contributed by atoms with Crippen LogP contribution in [0.5, 0.6) is 0 Å². The lowest BCUT2D eigenvalue weighted by Crippen LogP contribution is -2.27. The number of phosphoric ester groups is 1. The van der Waals surface area contributed by atoms with E-state index in [-0.39, 0.29) is 5.82 Å². The van der Waals surface area contributed by atoms with Gasteiger partial charge in [-0.3, -0.25) is 9.09 Å². The number of methoxy groups -OCH3 is 1. The quantitative estimate of drug-likeness (QED) is 0.279. The van der Waals surface area contributed by atoms with E-state index in [0.717, 1.165) is 0 Å². The third kappa shape index (κ3) is 5.78. The van der Waals surface area contributed by atoms with E-state index in [0.29, 0.717) is 11.2 Å². The minimum absolute atomic E-state index is 0.151. The number of imidazole rings is 1. The highest BCUT2D eigenvalue weighted by Crippen LogP contribution is 2.66. The van der Waals surface area contributed by atoms with Gasteiger partial charge in [-0.2, -0.15) is 8.62 Å². The van der Waals surface area contributed by atoms with Crippen molar-refractivity contribution in [3.8, 4) is 0 Å². The van der Waals surface area contributed by atoms with Gasteiger partial charge in [-0.25, -0.2) is 28.6 Å². The molecule has 0 amide bonds. The normalized spacial score (nSPS) is 27.9. The lowest BCUT2D eigenvalue weighted by atomic mass is 10.0. The van der Waals surface area contributed by atoms with Gasteiger partial charge in [0.15, 0.2) is 17.7 Å². The molecule has 1 saturated heterocycles. The van der Waals surface area contributed by atoms with Crippen LogP contribution in [0.1, 0.15) is 13.2 Å². The number of anilines is 1. The van der Waals surface area contributed by atoms with E-state index >= 15 is 0 Å². The molecule has 0 aromatic carbocycles. The molecule has 0 bridgehead atoms. The highest BCUT2D eigenvalue weighted by molar-refractivity contribution is 7.66. The SMILES string of the molecule is COC1C(C)C(COP(=O)(O)OP(=O)(O)OP(=O)(O)O)OC1n1cnc2c(N)ncnc21. The highest BCUT2D eigenvalue weighted by Gasteiger charge is 2.46. The second kappa shape index (κ2) is 9.14. The maximum atomic E-state index is 12.0. The van der Waals surface area contributed by atoms with Crippen LogP contribution in [-0.2, 0) is 36.3 Å². The van der Waals surface area contributed by atoms with Crippen molar-refractivity contribution in [2.75, 3.05) is 19.5 Å². The van der Waals surface area contributed by atoms with Gasteiger partial charge in [0.1, 0.15) is 17.9 Å². The number of fused-ring (bicyclic) bond motifs is 1. The molecule has 3 heterocycles. The molecule has 3 rings (SSSR count). The van der Waals surface area contributed by atoms with Crippen molar-refractivity contribution >= 4 is 40.4 Å². The Labute approximate surface area is 179 Å². The van der Waals surface area contributed by atoms with Gasteiger partial charge >= 0.3 is 23.5 Å². The second-order valence-corrected chi connectivity index (χ2v) is 11.0. The first-order chi connectivity index (χ1) is 14.7. The van der Waals surface area contributed by atoms with Crippen LogP contribution in [0.2, 0.25) is 0 Å². The van der Waals surface area contributed by atoms with Crippen LogP contribution >= 0.6 is 23.5 Å². The Morgan fingerprint density at radius 3 is 2.44 bits per heavy atom. The average molecular weight is 519 g/mol. The number of rotatable bonds is 9. The Bertz CT molecular complexity index is 1120. The Balaban J connectivity index is 1.73. The smallest absolute Gasteiger partial charge is 0.382 e. The highest BCUT2D eigenvalue weighted by atomic mass is 31.3. The second-order valence-electron chi connectivity index (χ2n) is 6.59. The van der Waals surface area contributed by atoms with E-state index in [4.69, 9.17) is 25.0 Å². The van der Waals surface area contributed by atoms with Gasteiger partial charge in [-0.1, -0.05) is 6.92 Å². The molecule has 6 unspecified atom stereocenters. The Hall–Kier alpha value is -1.32. The molecule has 32 heavy (non-hydrogen) atoms. The first kappa shape index (κ1) is 25.3. The molecule has 17 nitrogen and oxygen atoms in total. The molecule has 6 atom stereocenters. The molecule has 0 radical (unpaired) electrons. The number of nitrogens with zero attached hydrogens (tertiary/aromatic N) is 4. The van der Waals surface area contributed by atoms with Crippen molar-refractivity contribution in [1.29, 1.82) is 0 Å². The average Bonchev–Trinajstić information content (AvgIpc) is 3.18. The van der Waals surface area contributed by atoms with Gasteiger partial charge in [0.05, 0.1) is 19.0 Å². The fourth-order valence-electron chi connectivity index (χ4n) is 3.12. The number of hydrogen-bond donors (Lipinski definition) is 5. The van der Waals surface area contributed by atoms with Crippen molar-refractivity contribution in [1.82, 2.24) is 19.5 Å². The van der Waals surface area contributed by atoms with Crippen molar-refractivity contribution < 1.29 is 55.9 Å². The summed E-state index contributed by atoms with van der Waals surface area (Å²) in [5, 5.41) is 0. The fraction of sp³-hybridized carbons (Fsp3) is 0.583. The van der Waals surface area contributed by atoms with Crippen molar-refractivity contribution in [2.45, 2.75) is 25.4 Å². The maximum absolute atomic E-state index is 12.0. The molecule has 20 heteroatoms.